The van der Waals surface area contributed by atoms with Gasteiger partial charge in [-0.15, -0.1) is 0 Å². The zero-order valence-corrected chi connectivity index (χ0v) is 16.7. The molecule has 0 saturated carbocycles. The minimum atomic E-state index is -0.322. The number of hydrogen-bond donors (Lipinski definition) is 1. The highest BCUT2D eigenvalue weighted by Crippen LogP contribution is 2.31. The van der Waals surface area contributed by atoms with E-state index in [1.54, 1.807) is 18.2 Å². The Bertz CT molecular complexity index is 918. The lowest BCUT2D eigenvalue weighted by Gasteiger charge is -2.13. The first kappa shape index (κ1) is 19.9. The molecule has 1 heterocycles. The molecule has 2 aromatic carbocycles. The standard InChI is InChI=1S/C22H22N2O3S/c1-3-16-8-10-18(11-9-16)20(25)23-12-13-24-21(26)19(28-22(24)27)14-17-6-4-15(2)5-7-17/h4-11,14H,3,12-13H2,1-2H3,(H,23,25). The summed E-state index contributed by atoms with van der Waals surface area (Å²) in [6.45, 7) is 4.40. The minimum absolute atomic E-state index is 0.148. The highest BCUT2D eigenvalue weighted by Gasteiger charge is 2.34. The highest BCUT2D eigenvalue weighted by atomic mass is 32.2. The quantitative estimate of drug-likeness (QED) is 0.752. The molecule has 1 fully saturated rings. The number of nitrogens with zero attached hydrogens (tertiary/aromatic N) is 1. The summed E-state index contributed by atoms with van der Waals surface area (Å²) in [7, 11) is 0. The molecule has 6 heteroatoms. The van der Waals surface area contributed by atoms with Crippen LogP contribution in [0.4, 0.5) is 4.79 Å². The van der Waals surface area contributed by atoms with E-state index in [9.17, 15) is 14.4 Å². The van der Waals surface area contributed by atoms with Gasteiger partial charge in [0, 0.05) is 18.7 Å². The van der Waals surface area contributed by atoms with Crippen molar-refractivity contribution in [3.05, 3.63) is 75.7 Å². The van der Waals surface area contributed by atoms with Gasteiger partial charge in [-0.3, -0.25) is 19.3 Å². The molecular weight excluding hydrogens is 372 g/mol. The monoisotopic (exact) mass is 394 g/mol. The Morgan fingerprint density at radius 1 is 1.07 bits per heavy atom. The van der Waals surface area contributed by atoms with Crippen LogP contribution in [0.15, 0.2) is 53.4 Å². The molecule has 3 rings (SSSR count). The number of nitrogens with one attached hydrogen (secondary N) is 1. The van der Waals surface area contributed by atoms with E-state index >= 15 is 0 Å². The Labute approximate surface area is 168 Å². The van der Waals surface area contributed by atoms with Crippen LogP contribution in [0.2, 0.25) is 0 Å². The van der Waals surface area contributed by atoms with E-state index in [1.165, 1.54) is 4.90 Å². The molecule has 0 aliphatic carbocycles. The van der Waals surface area contributed by atoms with E-state index in [-0.39, 0.29) is 30.1 Å². The van der Waals surface area contributed by atoms with Crippen LogP contribution in [0.1, 0.15) is 34.0 Å². The van der Waals surface area contributed by atoms with Gasteiger partial charge >= 0.3 is 0 Å². The largest absolute Gasteiger partial charge is 0.350 e. The van der Waals surface area contributed by atoms with Crippen LogP contribution in [0, 0.1) is 6.92 Å². The number of imide groups is 1. The minimum Gasteiger partial charge on any atom is -0.350 e. The lowest BCUT2D eigenvalue weighted by atomic mass is 10.1. The van der Waals surface area contributed by atoms with Crippen LogP contribution >= 0.6 is 11.8 Å². The molecule has 1 aliphatic heterocycles. The number of thioether (sulfide) groups is 1. The van der Waals surface area contributed by atoms with Gasteiger partial charge in [-0.25, -0.2) is 0 Å². The highest BCUT2D eigenvalue weighted by molar-refractivity contribution is 8.18. The van der Waals surface area contributed by atoms with Crippen LogP contribution in [0.25, 0.3) is 6.08 Å². The second kappa shape index (κ2) is 8.89. The van der Waals surface area contributed by atoms with Gasteiger partial charge < -0.3 is 5.32 Å². The third kappa shape index (κ3) is 4.70. The SMILES string of the molecule is CCc1ccc(C(=O)NCCN2C(=O)SC(=Cc3ccc(C)cc3)C2=O)cc1. The number of aryl methyl sites for hydroxylation is 2. The van der Waals surface area contributed by atoms with E-state index in [1.807, 2.05) is 43.3 Å². The molecule has 5 nitrogen and oxygen atoms in total. The van der Waals surface area contributed by atoms with Crippen LogP contribution in [-0.2, 0) is 11.2 Å². The fraction of sp³-hybridized carbons (Fsp3) is 0.227. The molecule has 3 amide bonds. The first-order chi connectivity index (χ1) is 13.5. The summed E-state index contributed by atoms with van der Waals surface area (Å²) in [5.74, 6) is -0.540. The smallest absolute Gasteiger partial charge is 0.293 e. The van der Waals surface area contributed by atoms with Gasteiger partial charge in [0.15, 0.2) is 0 Å². The maximum absolute atomic E-state index is 12.5. The number of rotatable bonds is 6. The van der Waals surface area contributed by atoms with Crippen LogP contribution in [-0.4, -0.2) is 35.0 Å². The molecule has 0 spiro atoms. The van der Waals surface area contributed by atoms with E-state index in [0.717, 1.165) is 34.9 Å². The second-order valence-corrected chi connectivity index (χ2v) is 7.54. The number of benzene rings is 2. The zero-order valence-electron chi connectivity index (χ0n) is 15.9. The summed E-state index contributed by atoms with van der Waals surface area (Å²) in [4.78, 5) is 38.4. The molecular formula is C22H22N2O3S. The van der Waals surface area contributed by atoms with Crippen molar-refractivity contribution in [2.75, 3.05) is 13.1 Å². The van der Waals surface area contributed by atoms with Gasteiger partial charge in [-0.1, -0.05) is 48.9 Å². The van der Waals surface area contributed by atoms with Crippen LogP contribution in [0.3, 0.4) is 0 Å². The summed E-state index contributed by atoms with van der Waals surface area (Å²) in [6.07, 6.45) is 2.63. The lowest BCUT2D eigenvalue weighted by Crippen LogP contribution is -2.37. The van der Waals surface area contributed by atoms with Crippen molar-refractivity contribution in [2.45, 2.75) is 20.3 Å². The first-order valence-corrected chi connectivity index (χ1v) is 9.98. The van der Waals surface area contributed by atoms with Crippen molar-refractivity contribution >= 4 is 34.9 Å². The number of hydrogen-bond acceptors (Lipinski definition) is 4. The first-order valence-electron chi connectivity index (χ1n) is 9.17. The van der Waals surface area contributed by atoms with Gasteiger partial charge in [0.05, 0.1) is 4.91 Å². The maximum Gasteiger partial charge on any atom is 0.293 e. The van der Waals surface area contributed by atoms with Crippen molar-refractivity contribution in [2.24, 2.45) is 0 Å². The van der Waals surface area contributed by atoms with E-state index in [2.05, 4.69) is 12.2 Å². The fourth-order valence-corrected chi connectivity index (χ4v) is 3.65. The van der Waals surface area contributed by atoms with Gasteiger partial charge in [-0.05, 0) is 54.4 Å². The summed E-state index contributed by atoms with van der Waals surface area (Å²) in [5, 5.41) is 2.45. The Morgan fingerprint density at radius 2 is 1.75 bits per heavy atom. The van der Waals surface area contributed by atoms with Gasteiger partial charge in [0.1, 0.15) is 0 Å². The lowest BCUT2D eigenvalue weighted by molar-refractivity contribution is -0.122. The Balaban J connectivity index is 1.57. The van der Waals surface area contributed by atoms with E-state index < -0.39 is 0 Å². The van der Waals surface area contributed by atoms with Crippen molar-refractivity contribution in [3.8, 4) is 0 Å². The van der Waals surface area contributed by atoms with Crippen LogP contribution < -0.4 is 5.32 Å². The third-order valence-corrected chi connectivity index (χ3v) is 5.40. The predicted molar refractivity (Wildman–Crippen MR) is 112 cm³/mol. The molecule has 2 aromatic rings. The van der Waals surface area contributed by atoms with E-state index in [0.29, 0.717) is 10.5 Å². The van der Waals surface area contributed by atoms with Gasteiger partial charge in [0.25, 0.3) is 17.1 Å². The molecule has 0 aromatic heterocycles. The average Bonchev–Trinajstić information content (AvgIpc) is 2.97. The van der Waals surface area contributed by atoms with Crippen molar-refractivity contribution in [1.82, 2.24) is 10.2 Å². The Morgan fingerprint density at radius 3 is 2.39 bits per heavy atom. The zero-order chi connectivity index (χ0) is 20.1. The van der Waals surface area contributed by atoms with Gasteiger partial charge in [0.2, 0.25) is 0 Å². The summed E-state index contributed by atoms with van der Waals surface area (Å²) in [6, 6.07) is 15.1. The average molecular weight is 394 g/mol. The van der Waals surface area contributed by atoms with E-state index in [4.69, 9.17) is 0 Å². The van der Waals surface area contributed by atoms with Crippen molar-refractivity contribution in [3.63, 3.8) is 0 Å². The third-order valence-electron chi connectivity index (χ3n) is 4.49. The number of carbonyl (C=O) groups excluding carboxylic acids is 3. The molecule has 1 aliphatic rings. The van der Waals surface area contributed by atoms with Crippen molar-refractivity contribution < 1.29 is 14.4 Å². The normalized spacial score (nSPS) is 15.4. The maximum atomic E-state index is 12.5. The molecule has 28 heavy (non-hydrogen) atoms. The summed E-state index contributed by atoms with van der Waals surface area (Å²) >= 11 is 0.926. The Hall–Kier alpha value is -2.86. The van der Waals surface area contributed by atoms with Crippen LogP contribution in [0.5, 0.6) is 0 Å². The van der Waals surface area contributed by atoms with Crippen molar-refractivity contribution in [1.29, 1.82) is 0 Å². The molecule has 0 bridgehead atoms. The molecule has 1 N–H and O–H groups in total. The second-order valence-electron chi connectivity index (χ2n) is 6.55. The Kier molecular flexibility index (Phi) is 6.31. The number of amides is 3. The summed E-state index contributed by atoms with van der Waals surface area (Å²) in [5.41, 5.74) is 3.73. The number of carbonyl (C=O) groups is 3. The molecule has 0 atom stereocenters. The predicted octanol–water partition coefficient (Wildman–Crippen LogP) is 4.02. The molecule has 0 unspecified atom stereocenters. The fourth-order valence-electron chi connectivity index (χ4n) is 2.78. The molecule has 0 radical (unpaired) electrons. The topological polar surface area (TPSA) is 66.5 Å². The van der Waals surface area contributed by atoms with Gasteiger partial charge in [-0.2, -0.15) is 0 Å². The molecule has 144 valence electrons. The molecule has 1 saturated heterocycles. The summed E-state index contributed by atoms with van der Waals surface area (Å²) < 4.78 is 0.